The van der Waals surface area contributed by atoms with Gasteiger partial charge in [-0.15, -0.1) is 0 Å². The Morgan fingerprint density at radius 2 is 1.79 bits per heavy atom. The van der Waals surface area contributed by atoms with Crippen LogP contribution in [-0.4, -0.2) is 35.3 Å². The standard InChI is InChI=1S/C20H25N5O3/c1-13(2)18(21)20(28)24-12-17(26)23-11-14-4-3-5-15(10-14)19(27)25-16-6-8-22-9-7-16/h3-10,13,18H,11-12,21H2,1-2H3,(H,23,26)(H,24,28)(H,22,25,27)/t18-/m0/s1. The van der Waals surface area contributed by atoms with Crippen LogP contribution in [0.4, 0.5) is 5.69 Å². The van der Waals surface area contributed by atoms with Crippen molar-refractivity contribution in [1.29, 1.82) is 0 Å². The molecule has 148 valence electrons. The quantitative estimate of drug-likeness (QED) is 0.542. The van der Waals surface area contributed by atoms with E-state index in [4.69, 9.17) is 5.73 Å². The lowest BCUT2D eigenvalue weighted by Crippen LogP contribution is -2.47. The maximum Gasteiger partial charge on any atom is 0.255 e. The Kier molecular flexibility index (Phi) is 7.65. The summed E-state index contributed by atoms with van der Waals surface area (Å²) in [7, 11) is 0. The average Bonchev–Trinajstić information content (AvgIpc) is 2.70. The molecule has 28 heavy (non-hydrogen) atoms. The number of nitrogens with two attached hydrogens (primary N) is 1. The van der Waals surface area contributed by atoms with Gasteiger partial charge in [0.2, 0.25) is 11.8 Å². The van der Waals surface area contributed by atoms with Crippen molar-refractivity contribution in [2.75, 3.05) is 11.9 Å². The van der Waals surface area contributed by atoms with Crippen molar-refractivity contribution in [1.82, 2.24) is 15.6 Å². The lowest BCUT2D eigenvalue weighted by atomic mass is 10.1. The molecule has 0 aliphatic heterocycles. The minimum Gasteiger partial charge on any atom is -0.350 e. The average molecular weight is 383 g/mol. The highest BCUT2D eigenvalue weighted by molar-refractivity contribution is 6.04. The second kappa shape index (κ2) is 10.2. The molecule has 0 spiro atoms. The van der Waals surface area contributed by atoms with Crippen molar-refractivity contribution in [3.63, 3.8) is 0 Å². The van der Waals surface area contributed by atoms with Crippen molar-refractivity contribution in [2.24, 2.45) is 11.7 Å². The van der Waals surface area contributed by atoms with E-state index in [-0.39, 0.29) is 36.7 Å². The molecule has 1 atom stereocenters. The van der Waals surface area contributed by atoms with Crippen LogP contribution in [0.1, 0.15) is 29.8 Å². The smallest absolute Gasteiger partial charge is 0.255 e. The normalized spacial score (nSPS) is 11.6. The maximum atomic E-state index is 12.3. The molecule has 8 heteroatoms. The fraction of sp³-hybridized carbons (Fsp3) is 0.300. The van der Waals surface area contributed by atoms with E-state index < -0.39 is 6.04 Å². The molecule has 0 saturated carbocycles. The summed E-state index contributed by atoms with van der Waals surface area (Å²) in [5, 5.41) is 7.99. The van der Waals surface area contributed by atoms with Gasteiger partial charge in [0.1, 0.15) is 0 Å². The molecule has 0 bridgehead atoms. The summed E-state index contributed by atoms with van der Waals surface area (Å²) in [4.78, 5) is 39.9. The van der Waals surface area contributed by atoms with Gasteiger partial charge in [-0.05, 0) is 35.7 Å². The first kappa shape index (κ1) is 21.0. The molecule has 5 N–H and O–H groups in total. The zero-order valence-electron chi connectivity index (χ0n) is 15.9. The fourth-order valence-electron chi connectivity index (χ4n) is 2.31. The van der Waals surface area contributed by atoms with Gasteiger partial charge in [-0.3, -0.25) is 19.4 Å². The largest absolute Gasteiger partial charge is 0.350 e. The third-order valence-electron chi connectivity index (χ3n) is 4.06. The van der Waals surface area contributed by atoms with Crippen molar-refractivity contribution in [3.8, 4) is 0 Å². The first-order valence-corrected chi connectivity index (χ1v) is 8.97. The van der Waals surface area contributed by atoms with Crippen LogP contribution >= 0.6 is 0 Å². The molecule has 0 radical (unpaired) electrons. The molecule has 3 amide bonds. The van der Waals surface area contributed by atoms with Crippen LogP contribution in [0, 0.1) is 5.92 Å². The van der Waals surface area contributed by atoms with Crippen LogP contribution in [0.2, 0.25) is 0 Å². The van der Waals surface area contributed by atoms with Crippen LogP contribution in [-0.2, 0) is 16.1 Å². The van der Waals surface area contributed by atoms with Gasteiger partial charge in [0.25, 0.3) is 5.91 Å². The van der Waals surface area contributed by atoms with E-state index in [2.05, 4.69) is 20.9 Å². The summed E-state index contributed by atoms with van der Waals surface area (Å²) in [6.07, 6.45) is 3.18. The Hall–Kier alpha value is -3.26. The predicted octanol–water partition coefficient (Wildman–Crippen LogP) is 1.05. The molecular formula is C20H25N5O3. The number of carbonyl (C=O) groups is 3. The second-order valence-corrected chi connectivity index (χ2v) is 6.65. The summed E-state index contributed by atoms with van der Waals surface area (Å²) in [5.41, 5.74) is 7.61. The molecule has 2 aromatic rings. The highest BCUT2D eigenvalue weighted by Crippen LogP contribution is 2.10. The molecule has 1 aromatic carbocycles. The first-order valence-electron chi connectivity index (χ1n) is 8.97. The van der Waals surface area contributed by atoms with E-state index in [9.17, 15) is 14.4 Å². The first-order chi connectivity index (χ1) is 13.4. The predicted molar refractivity (Wildman–Crippen MR) is 106 cm³/mol. The lowest BCUT2D eigenvalue weighted by Gasteiger charge is -2.15. The Morgan fingerprint density at radius 3 is 2.46 bits per heavy atom. The van der Waals surface area contributed by atoms with Gasteiger partial charge < -0.3 is 21.7 Å². The zero-order valence-corrected chi connectivity index (χ0v) is 15.9. The van der Waals surface area contributed by atoms with Gasteiger partial charge in [-0.25, -0.2) is 0 Å². The number of rotatable bonds is 8. The van der Waals surface area contributed by atoms with Gasteiger partial charge in [0, 0.05) is 30.2 Å². The maximum absolute atomic E-state index is 12.3. The highest BCUT2D eigenvalue weighted by atomic mass is 16.2. The van der Waals surface area contributed by atoms with E-state index >= 15 is 0 Å². The van der Waals surface area contributed by atoms with Crippen LogP contribution < -0.4 is 21.7 Å². The van der Waals surface area contributed by atoms with Crippen LogP contribution in [0.3, 0.4) is 0 Å². The van der Waals surface area contributed by atoms with E-state index in [0.29, 0.717) is 11.3 Å². The van der Waals surface area contributed by atoms with Crippen molar-refractivity contribution >= 4 is 23.4 Å². The number of nitrogens with one attached hydrogen (secondary N) is 3. The molecule has 8 nitrogen and oxygen atoms in total. The molecule has 0 aliphatic carbocycles. The molecular weight excluding hydrogens is 358 g/mol. The van der Waals surface area contributed by atoms with E-state index in [0.717, 1.165) is 5.56 Å². The topological polar surface area (TPSA) is 126 Å². The zero-order chi connectivity index (χ0) is 20.5. The summed E-state index contributed by atoms with van der Waals surface area (Å²) in [6.45, 7) is 3.76. The molecule has 1 heterocycles. The van der Waals surface area contributed by atoms with Crippen LogP contribution in [0.15, 0.2) is 48.8 Å². The minimum atomic E-state index is -0.650. The van der Waals surface area contributed by atoms with Crippen LogP contribution in [0.25, 0.3) is 0 Å². The Bertz CT molecular complexity index is 824. The molecule has 0 unspecified atom stereocenters. The molecule has 0 saturated heterocycles. The summed E-state index contributed by atoms with van der Waals surface area (Å²) in [5.74, 6) is -0.964. The Labute approximate surface area is 163 Å². The van der Waals surface area contributed by atoms with Crippen molar-refractivity contribution in [3.05, 3.63) is 59.9 Å². The van der Waals surface area contributed by atoms with Crippen molar-refractivity contribution in [2.45, 2.75) is 26.4 Å². The fourth-order valence-corrected chi connectivity index (χ4v) is 2.31. The SMILES string of the molecule is CC(C)[C@H](N)C(=O)NCC(=O)NCc1cccc(C(=O)Nc2ccncc2)c1. The third kappa shape index (κ3) is 6.48. The molecule has 0 aliphatic rings. The third-order valence-corrected chi connectivity index (χ3v) is 4.06. The number of hydrogen-bond acceptors (Lipinski definition) is 5. The summed E-state index contributed by atoms with van der Waals surface area (Å²) < 4.78 is 0. The Balaban J connectivity index is 1.84. The summed E-state index contributed by atoms with van der Waals surface area (Å²) in [6, 6.07) is 9.68. The van der Waals surface area contributed by atoms with Gasteiger partial charge >= 0.3 is 0 Å². The van der Waals surface area contributed by atoms with Gasteiger partial charge in [0.05, 0.1) is 12.6 Å². The second-order valence-electron chi connectivity index (χ2n) is 6.65. The van der Waals surface area contributed by atoms with Gasteiger partial charge in [0.15, 0.2) is 0 Å². The number of pyridine rings is 1. The monoisotopic (exact) mass is 383 g/mol. The van der Waals surface area contributed by atoms with E-state index in [1.54, 1.807) is 48.8 Å². The molecule has 0 fully saturated rings. The van der Waals surface area contributed by atoms with E-state index in [1.165, 1.54) is 0 Å². The number of amides is 3. The summed E-state index contributed by atoms with van der Waals surface area (Å²) >= 11 is 0. The number of carbonyl (C=O) groups excluding carboxylic acids is 3. The van der Waals surface area contributed by atoms with Crippen LogP contribution in [0.5, 0.6) is 0 Å². The number of hydrogen-bond donors (Lipinski definition) is 4. The number of benzene rings is 1. The number of aromatic nitrogens is 1. The van der Waals surface area contributed by atoms with Gasteiger partial charge in [-0.2, -0.15) is 0 Å². The number of anilines is 1. The van der Waals surface area contributed by atoms with Gasteiger partial charge in [-0.1, -0.05) is 26.0 Å². The molecule has 2 rings (SSSR count). The molecule has 1 aromatic heterocycles. The number of nitrogens with zero attached hydrogens (tertiary/aromatic N) is 1. The highest BCUT2D eigenvalue weighted by Gasteiger charge is 2.17. The van der Waals surface area contributed by atoms with E-state index in [1.807, 2.05) is 13.8 Å². The van der Waals surface area contributed by atoms with Crippen molar-refractivity contribution < 1.29 is 14.4 Å². The lowest BCUT2D eigenvalue weighted by molar-refractivity contribution is -0.127. The minimum absolute atomic E-state index is 0.0101. The Morgan fingerprint density at radius 1 is 1.07 bits per heavy atom.